The normalized spacial score (nSPS) is 12.0. The third kappa shape index (κ3) is 21.4. The summed E-state index contributed by atoms with van der Waals surface area (Å²) in [7, 11) is 0. The number of carbonyl (C=O) groups is 1. The molecule has 0 aliphatic carbocycles. The molecule has 2 aromatic heterocycles. The average molecular weight is 897 g/mol. The Hall–Kier alpha value is -3.96. The van der Waals surface area contributed by atoms with E-state index in [2.05, 4.69) is 35.9 Å². The van der Waals surface area contributed by atoms with E-state index in [4.69, 9.17) is 64.7 Å². The summed E-state index contributed by atoms with van der Waals surface area (Å²) in [5, 5.41) is 22.8. The van der Waals surface area contributed by atoms with Crippen molar-refractivity contribution in [3.8, 4) is 0 Å². The Morgan fingerprint density at radius 3 is 1.73 bits per heavy atom. The van der Waals surface area contributed by atoms with E-state index >= 15 is 0 Å². The van der Waals surface area contributed by atoms with Crippen molar-refractivity contribution in [3.05, 3.63) is 45.6 Å². The molecule has 2 heterocycles. The molecule has 0 aliphatic heterocycles. The van der Waals surface area contributed by atoms with Gasteiger partial charge in [0.15, 0.2) is 17.0 Å². The monoisotopic (exact) mass is 896 g/mol. The molecule has 0 aliphatic rings. The number of aromatic nitrogens is 4. The van der Waals surface area contributed by atoms with E-state index in [1.54, 1.807) is 24.5 Å². The zero-order valence-electron chi connectivity index (χ0n) is 36.4. The number of fused-ring (bicyclic) bond motifs is 1. The van der Waals surface area contributed by atoms with Crippen LogP contribution in [0.5, 0.6) is 0 Å². The molecule has 3 rings (SSSR count). The van der Waals surface area contributed by atoms with Crippen LogP contribution in [0.15, 0.2) is 29.6 Å². The molecule has 0 unspecified atom stereocenters. The van der Waals surface area contributed by atoms with Gasteiger partial charge in [-0.25, -0.2) is 4.98 Å². The zero-order chi connectivity index (χ0) is 44.6. The van der Waals surface area contributed by atoms with E-state index in [-0.39, 0.29) is 35.5 Å². The molecule has 0 saturated carbocycles. The summed E-state index contributed by atoms with van der Waals surface area (Å²) in [4.78, 5) is 29.4. The van der Waals surface area contributed by atoms with Gasteiger partial charge in [0.05, 0.1) is 148 Å². The second-order valence-corrected chi connectivity index (χ2v) is 14.4. The highest BCUT2D eigenvalue weighted by atomic mass is 35.5. The number of carbonyl (C=O) groups excluding carboxylic acids is 1. The number of azide groups is 1. The number of hydrogen-bond donors (Lipinski definition) is 4. The number of aliphatic hydroxyl groups excluding tert-OH is 1. The molecule has 0 saturated heterocycles. The molecule has 0 spiro atoms. The molecule has 1 aromatic carbocycles. The summed E-state index contributed by atoms with van der Waals surface area (Å²) in [6.07, 6.45) is 1.72. The Kier molecular flexibility index (Phi) is 27.6. The van der Waals surface area contributed by atoms with Crippen LogP contribution in [0.2, 0.25) is 5.02 Å². The van der Waals surface area contributed by atoms with Gasteiger partial charge in [0.2, 0.25) is 5.95 Å². The van der Waals surface area contributed by atoms with Gasteiger partial charge >= 0.3 is 0 Å². The van der Waals surface area contributed by atoms with Crippen LogP contribution >= 0.6 is 11.6 Å². The van der Waals surface area contributed by atoms with Crippen LogP contribution in [-0.4, -0.2) is 175 Å². The molecular formula is C40H65ClN10O11. The maximum Gasteiger partial charge on any atom is 0.252 e. The number of amides is 1. The average Bonchev–Trinajstić information content (AvgIpc) is 3.69. The van der Waals surface area contributed by atoms with E-state index in [9.17, 15) is 9.90 Å². The lowest BCUT2D eigenvalue weighted by atomic mass is 10.1. The number of benzene rings is 1. The summed E-state index contributed by atoms with van der Waals surface area (Å²) in [6, 6.07) is 4.91. The molecule has 4 N–H and O–H groups in total. The minimum atomic E-state index is -0.325. The van der Waals surface area contributed by atoms with Gasteiger partial charge < -0.3 is 68.3 Å². The molecule has 348 valence electrons. The highest BCUT2D eigenvalue weighted by molar-refractivity contribution is 6.34. The summed E-state index contributed by atoms with van der Waals surface area (Å²) in [5.41, 5.74) is 10.3. The van der Waals surface area contributed by atoms with Gasteiger partial charge in [-0.1, -0.05) is 30.6 Å². The molecule has 0 bridgehead atoms. The number of imidazole rings is 1. The lowest BCUT2D eigenvalue weighted by Gasteiger charge is -2.20. The first kappa shape index (κ1) is 52.4. The Balaban J connectivity index is 1.14. The second-order valence-electron chi connectivity index (χ2n) is 14.0. The zero-order valence-corrected chi connectivity index (χ0v) is 37.2. The number of rotatable bonds is 38. The summed E-state index contributed by atoms with van der Waals surface area (Å²) in [6.45, 7) is 16.5. The smallest absolute Gasteiger partial charge is 0.252 e. The van der Waals surface area contributed by atoms with Gasteiger partial charge in [0, 0.05) is 29.7 Å². The van der Waals surface area contributed by atoms with Crippen molar-refractivity contribution >= 4 is 46.1 Å². The van der Waals surface area contributed by atoms with Crippen LogP contribution in [0, 0.1) is 5.92 Å². The summed E-state index contributed by atoms with van der Waals surface area (Å²) < 4.78 is 51.1. The van der Waals surface area contributed by atoms with Crippen molar-refractivity contribution < 1.29 is 52.5 Å². The minimum Gasteiger partial charge on any atom is -0.394 e. The van der Waals surface area contributed by atoms with Crippen molar-refractivity contribution in [2.45, 2.75) is 39.8 Å². The first-order valence-corrected chi connectivity index (χ1v) is 21.3. The van der Waals surface area contributed by atoms with Gasteiger partial charge in [-0.05, 0) is 43.5 Å². The standard InChI is InChI=1S/C40H65ClN10O11/c1-30(2)35(28-52)47-40-48-37(36-38(49-40)51(29-44-36)31(3)4)46-32-5-6-33(34(41)27-32)39(53)43-7-9-54-11-13-56-15-17-58-19-21-60-23-25-62-26-24-61-22-20-59-18-16-57-14-12-55-10-8-45-50-42/h5-6,27,29-31,35,52H,7-26,28H2,1-4H3,(H,43,53)(H2,46,47,48,49)/t35-/m1/s1. The Labute approximate surface area is 368 Å². The highest BCUT2D eigenvalue weighted by Crippen LogP contribution is 2.29. The Bertz CT molecular complexity index is 1720. The van der Waals surface area contributed by atoms with E-state index in [1.165, 1.54) is 0 Å². The van der Waals surface area contributed by atoms with E-state index in [1.807, 2.05) is 32.3 Å². The number of ether oxygens (including phenoxy) is 9. The Morgan fingerprint density at radius 2 is 1.27 bits per heavy atom. The fraction of sp³-hybridized carbons (Fsp3) is 0.700. The van der Waals surface area contributed by atoms with Crippen LogP contribution in [0.25, 0.3) is 21.6 Å². The summed E-state index contributed by atoms with van der Waals surface area (Å²) >= 11 is 6.55. The maximum atomic E-state index is 12.9. The molecule has 1 amide bonds. The van der Waals surface area contributed by atoms with Crippen LogP contribution < -0.4 is 16.0 Å². The number of nitrogens with one attached hydrogen (secondary N) is 3. The van der Waals surface area contributed by atoms with Crippen LogP contribution in [-0.2, 0) is 42.6 Å². The lowest BCUT2D eigenvalue weighted by molar-refractivity contribution is -0.0248. The number of halogens is 1. The van der Waals surface area contributed by atoms with Crippen molar-refractivity contribution in [2.24, 2.45) is 11.0 Å². The molecule has 22 heteroatoms. The number of aliphatic hydroxyl groups is 1. The number of anilines is 3. The Morgan fingerprint density at radius 1 is 0.774 bits per heavy atom. The molecular weight excluding hydrogens is 832 g/mol. The fourth-order valence-electron chi connectivity index (χ4n) is 5.29. The largest absolute Gasteiger partial charge is 0.394 e. The third-order valence-electron chi connectivity index (χ3n) is 8.68. The third-order valence-corrected chi connectivity index (χ3v) is 8.99. The van der Waals surface area contributed by atoms with Crippen molar-refractivity contribution in [2.75, 3.05) is 149 Å². The first-order valence-electron chi connectivity index (χ1n) is 20.9. The predicted molar refractivity (Wildman–Crippen MR) is 233 cm³/mol. The molecule has 0 fully saturated rings. The van der Waals surface area contributed by atoms with Gasteiger partial charge in [-0.2, -0.15) is 9.97 Å². The van der Waals surface area contributed by atoms with E-state index < -0.39 is 0 Å². The van der Waals surface area contributed by atoms with Crippen LogP contribution in [0.3, 0.4) is 0 Å². The van der Waals surface area contributed by atoms with Crippen LogP contribution in [0.4, 0.5) is 17.5 Å². The van der Waals surface area contributed by atoms with E-state index in [0.29, 0.717) is 166 Å². The fourth-order valence-corrected chi connectivity index (χ4v) is 5.56. The summed E-state index contributed by atoms with van der Waals surface area (Å²) in [5.74, 6) is 0.640. The highest BCUT2D eigenvalue weighted by Gasteiger charge is 2.19. The van der Waals surface area contributed by atoms with Gasteiger partial charge in [0.25, 0.3) is 5.91 Å². The maximum absolute atomic E-state index is 12.9. The molecule has 1 atom stereocenters. The van der Waals surface area contributed by atoms with Crippen molar-refractivity contribution in [3.63, 3.8) is 0 Å². The van der Waals surface area contributed by atoms with E-state index in [0.717, 1.165) is 0 Å². The van der Waals surface area contributed by atoms with Crippen LogP contribution in [0.1, 0.15) is 44.1 Å². The molecule has 21 nitrogen and oxygen atoms in total. The van der Waals surface area contributed by atoms with Crippen molar-refractivity contribution in [1.29, 1.82) is 0 Å². The molecule has 0 radical (unpaired) electrons. The second kappa shape index (κ2) is 32.7. The lowest BCUT2D eigenvalue weighted by Crippen LogP contribution is -2.30. The quantitative estimate of drug-likeness (QED) is 0.0269. The minimum absolute atomic E-state index is 0.0709. The van der Waals surface area contributed by atoms with Gasteiger partial charge in [-0.3, -0.25) is 4.79 Å². The van der Waals surface area contributed by atoms with Gasteiger partial charge in [-0.15, -0.1) is 0 Å². The van der Waals surface area contributed by atoms with Gasteiger partial charge in [0.1, 0.15) is 0 Å². The topological polar surface area (TPSA) is 249 Å². The first-order chi connectivity index (χ1) is 30.2. The molecule has 62 heavy (non-hydrogen) atoms. The predicted octanol–water partition coefficient (Wildman–Crippen LogP) is 4.42. The number of nitrogens with zero attached hydrogens (tertiary/aromatic N) is 7. The SMILES string of the molecule is CC(C)[C@@H](CO)Nc1nc(Nc2ccc(C(=O)NCCOCCOCCOCCOCCOCCOCCOCCOCCOCCN=[N+]=[N-])c(Cl)c2)c2ncn(C(C)C)c2n1. The molecule has 3 aromatic rings. The van der Waals surface area contributed by atoms with Crippen molar-refractivity contribution in [1.82, 2.24) is 24.8 Å². The number of hydrogen-bond acceptors (Lipinski definition) is 17.